The molecule has 1 spiro atoms. The monoisotopic (exact) mass is 266 g/mol. The average Bonchev–Trinajstić information content (AvgIpc) is 2.73. The molecule has 1 aromatic rings. The molecule has 3 rings (SSSR count). The summed E-state index contributed by atoms with van der Waals surface area (Å²) in [6.45, 7) is 13.6. The summed E-state index contributed by atoms with van der Waals surface area (Å²) in [5.74, 6) is 0. The molecule has 0 radical (unpaired) electrons. The Morgan fingerprint density at radius 2 is 1.75 bits per heavy atom. The van der Waals surface area contributed by atoms with Crippen LogP contribution in [0.2, 0.25) is 0 Å². The average molecular weight is 266 g/mol. The van der Waals surface area contributed by atoms with E-state index in [1.165, 1.54) is 17.6 Å². The van der Waals surface area contributed by atoms with Crippen LogP contribution in [0.25, 0.3) is 5.57 Å². The molecule has 1 saturated carbocycles. The predicted molar refractivity (Wildman–Crippen MR) is 87.7 cm³/mol. The van der Waals surface area contributed by atoms with E-state index in [0.29, 0.717) is 10.8 Å². The van der Waals surface area contributed by atoms with Crippen LogP contribution in [0.5, 0.6) is 0 Å². The first-order valence-corrected chi connectivity index (χ1v) is 7.78. The third-order valence-electron chi connectivity index (χ3n) is 5.73. The van der Waals surface area contributed by atoms with Gasteiger partial charge in [-0.1, -0.05) is 64.1 Å². The Morgan fingerprint density at radius 1 is 1.10 bits per heavy atom. The van der Waals surface area contributed by atoms with Crippen molar-refractivity contribution in [3.8, 4) is 0 Å². The largest absolute Gasteiger partial charge is 0.103 e. The second-order valence-corrected chi connectivity index (χ2v) is 7.80. The molecular weight excluding hydrogens is 240 g/mol. The van der Waals surface area contributed by atoms with Gasteiger partial charge in [0.2, 0.25) is 0 Å². The highest BCUT2D eigenvalue weighted by molar-refractivity contribution is 5.78. The summed E-state index contributed by atoms with van der Waals surface area (Å²) in [5, 5.41) is 0. The van der Waals surface area contributed by atoms with Crippen LogP contribution in [0.1, 0.15) is 58.1 Å². The van der Waals surface area contributed by atoms with E-state index in [1.807, 2.05) is 6.08 Å². The van der Waals surface area contributed by atoms with Crippen LogP contribution in [-0.2, 0) is 5.41 Å². The van der Waals surface area contributed by atoms with Crippen molar-refractivity contribution in [2.24, 2.45) is 10.8 Å². The van der Waals surface area contributed by atoms with E-state index in [1.54, 1.807) is 5.56 Å². The van der Waals surface area contributed by atoms with Gasteiger partial charge in [0.05, 0.1) is 0 Å². The fraction of sp³-hybridized carbons (Fsp3) is 0.500. The molecule has 0 heteroatoms. The molecule has 2 aliphatic carbocycles. The molecule has 1 aromatic carbocycles. The molecule has 0 bridgehead atoms. The van der Waals surface area contributed by atoms with Gasteiger partial charge < -0.3 is 0 Å². The summed E-state index contributed by atoms with van der Waals surface area (Å²) < 4.78 is 0. The van der Waals surface area contributed by atoms with Gasteiger partial charge >= 0.3 is 0 Å². The first-order valence-electron chi connectivity index (χ1n) is 7.78. The van der Waals surface area contributed by atoms with Crippen molar-refractivity contribution in [3.63, 3.8) is 0 Å². The van der Waals surface area contributed by atoms with Crippen LogP contribution < -0.4 is 0 Å². The Hall–Kier alpha value is -1.30. The zero-order valence-corrected chi connectivity index (χ0v) is 13.3. The molecule has 0 saturated heterocycles. The molecule has 0 aliphatic heterocycles. The fourth-order valence-electron chi connectivity index (χ4n) is 5.30. The molecule has 2 aliphatic rings. The highest BCUT2D eigenvalue weighted by atomic mass is 14.7. The fourth-order valence-corrected chi connectivity index (χ4v) is 5.30. The van der Waals surface area contributed by atoms with Crippen molar-refractivity contribution in [3.05, 3.63) is 54.1 Å². The minimum atomic E-state index is 0.215. The maximum absolute atomic E-state index is 3.88. The molecule has 0 aromatic heterocycles. The van der Waals surface area contributed by atoms with E-state index in [4.69, 9.17) is 0 Å². The topological polar surface area (TPSA) is 0 Å². The smallest absolute Gasteiger partial charge is 0.0246 e. The zero-order chi connectivity index (χ0) is 14.6. The lowest BCUT2D eigenvalue weighted by atomic mass is 9.37. The summed E-state index contributed by atoms with van der Waals surface area (Å²) in [6, 6.07) is 9.05. The molecule has 106 valence electrons. The summed E-state index contributed by atoms with van der Waals surface area (Å²) in [6.07, 6.45) is 8.11. The van der Waals surface area contributed by atoms with Crippen molar-refractivity contribution < 1.29 is 0 Å². The quantitative estimate of drug-likeness (QED) is 0.612. The molecule has 0 heterocycles. The lowest BCUT2D eigenvalue weighted by Gasteiger charge is -2.66. The van der Waals surface area contributed by atoms with E-state index in [0.717, 1.165) is 12.8 Å². The summed E-state index contributed by atoms with van der Waals surface area (Å²) in [4.78, 5) is 0. The Bertz CT molecular complexity index is 570. The van der Waals surface area contributed by atoms with Crippen LogP contribution in [-0.4, -0.2) is 0 Å². The van der Waals surface area contributed by atoms with Crippen molar-refractivity contribution in [2.75, 3.05) is 0 Å². The van der Waals surface area contributed by atoms with Crippen LogP contribution in [0.3, 0.4) is 0 Å². The highest BCUT2D eigenvalue weighted by Crippen LogP contribution is 2.72. The van der Waals surface area contributed by atoms with Crippen LogP contribution in [0, 0.1) is 10.8 Å². The minimum Gasteiger partial charge on any atom is -0.103 e. The van der Waals surface area contributed by atoms with Gasteiger partial charge in [0, 0.05) is 5.41 Å². The molecule has 0 nitrogen and oxygen atoms in total. The standard InChI is InChI=1S/C20H26/c1-6-7-10-15-13-20(17-12-9-8-11-16(15)17)18(2,3)14-19(20,4)5/h6,8-9,11-13H,1,7,10,14H2,2-5H3. The molecule has 0 atom stereocenters. The van der Waals surface area contributed by atoms with E-state index in [9.17, 15) is 0 Å². The van der Waals surface area contributed by atoms with E-state index in [2.05, 4.69) is 64.6 Å². The number of rotatable bonds is 3. The van der Waals surface area contributed by atoms with Crippen molar-refractivity contribution in [1.82, 2.24) is 0 Å². The zero-order valence-electron chi connectivity index (χ0n) is 13.3. The second kappa shape index (κ2) is 4.10. The van der Waals surface area contributed by atoms with Gasteiger partial charge in [-0.3, -0.25) is 0 Å². The minimum absolute atomic E-state index is 0.215. The number of fused-ring (bicyclic) bond motifs is 2. The van der Waals surface area contributed by atoms with Gasteiger partial charge in [0.25, 0.3) is 0 Å². The Balaban J connectivity index is 2.17. The molecule has 1 fully saturated rings. The lowest BCUT2D eigenvalue weighted by Crippen LogP contribution is -2.62. The van der Waals surface area contributed by atoms with E-state index in [-0.39, 0.29) is 5.41 Å². The van der Waals surface area contributed by atoms with Gasteiger partial charge in [-0.05, 0) is 46.8 Å². The third kappa shape index (κ3) is 1.48. The second-order valence-electron chi connectivity index (χ2n) is 7.80. The summed E-state index contributed by atoms with van der Waals surface area (Å²) in [5.41, 5.74) is 5.48. The maximum Gasteiger partial charge on any atom is 0.0246 e. The summed E-state index contributed by atoms with van der Waals surface area (Å²) in [7, 11) is 0. The Morgan fingerprint density at radius 3 is 2.35 bits per heavy atom. The van der Waals surface area contributed by atoms with Crippen molar-refractivity contribution in [1.29, 1.82) is 0 Å². The van der Waals surface area contributed by atoms with Gasteiger partial charge in [-0.25, -0.2) is 0 Å². The molecular formula is C20H26. The first-order chi connectivity index (χ1) is 9.36. The van der Waals surface area contributed by atoms with Crippen LogP contribution >= 0.6 is 0 Å². The molecule has 20 heavy (non-hydrogen) atoms. The van der Waals surface area contributed by atoms with E-state index >= 15 is 0 Å². The van der Waals surface area contributed by atoms with Gasteiger partial charge in [0.15, 0.2) is 0 Å². The number of allylic oxidation sites excluding steroid dienone is 3. The van der Waals surface area contributed by atoms with Crippen molar-refractivity contribution >= 4 is 5.57 Å². The molecule has 0 amide bonds. The number of benzene rings is 1. The lowest BCUT2D eigenvalue weighted by molar-refractivity contribution is -0.0813. The Labute approximate surface area is 123 Å². The molecule has 0 unspecified atom stereocenters. The van der Waals surface area contributed by atoms with Gasteiger partial charge in [0.1, 0.15) is 0 Å². The predicted octanol–water partition coefficient (Wildman–Crippen LogP) is 5.74. The number of hydrogen-bond donors (Lipinski definition) is 0. The summed E-state index contributed by atoms with van der Waals surface area (Å²) >= 11 is 0. The first kappa shape index (κ1) is 13.7. The van der Waals surface area contributed by atoms with Gasteiger partial charge in [-0.15, -0.1) is 6.58 Å². The molecule has 0 N–H and O–H groups in total. The van der Waals surface area contributed by atoms with Crippen LogP contribution in [0.15, 0.2) is 43.0 Å². The Kier molecular flexibility index (Phi) is 2.80. The van der Waals surface area contributed by atoms with Crippen LogP contribution in [0.4, 0.5) is 0 Å². The third-order valence-corrected chi connectivity index (χ3v) is 5.73. The number of hydrogen-bond acceptors (Lipinski definition) is 0. The highest BCUT2D eigenvalue weighted by Gasteiger charge is 2.66. The van der Waals surface area contributed by atoms with Crippen molar-refractivity contribution in [2.45, 2.75) is 52.4 Å². The van der Waals surface area contributed by atoms with E-state index < -0.39 is 0 Å². The maximum atomic E-state index is 3.88. The van der Waals surface area contributed by atoms with Gasteiger partial charge in [-0.2, -0.15) is 0 Å². The normalized spacial score (nSPS) is 23.9. The SMILES string of the molecule is C=CCCC1=CC2(c3ccccc31)C(C)(C)CC2(C)C.